The third-order valence-electron chi connectivity index (χ3n) is 3.26. The van der Waals surface area contributed by atoms with E-state index in [-0.39, 0.29) is 6.04 Å². The second-order valence-corrected chi connectivity index (χ2v) is 5.99. The summed E-state index contributed by atoms with van der Waals surface area (Å²) in [6, 6.07) is 9.12. The van der Waals surface area contributed by atoms with Crippen molar-refractivity contribution in [3.63, 3.8) is 0 Å². The Morgan fingerprint density at radius 3 is 2.69 bits per heavy atom. The molecule has 0 spiro atoms. The van der Waals surface area contributed by atoms with Crippen molar-refractivity contribution in [2.75, 3.05) is 11.5 Å². The molecule has 1 nitrogen and oxygen atoms in total. The summed E-state index contributed by atoms with van der Waals surface area (Å²) in [5.74, 6) is 3.41. The molecular formula is C14H21NS. The van der Waals surface area contributed by atoms with Gasteiger partial charge in [0.1, 0.15) is 0 Å². The Morgan fingerprint density at radius 1 is 1.31 bits per heavy atom. The van der Waals surface area contributed by atoms with Gasteiger partial charge in [0.25, 0.3) is 0 Å². The van der Waals surface area contributed by atoms with E-state index in [2.05, 4.69) is 43.0 Å². The van der Waals surface area contributed by atoms with Crippen LogP contribution in [0.15, 0.2) is 24.3 Å². The van der Waals surface area contributed by atoms with Gasteiger partial charge in [-0.2, -0.15) is 11.8 Å². The van der Waals surface area contributed by atoms with Crippen LogP contribution in [0.3, 0.4) is 0 Å². The highest BCUT2D eigenvalue weighted by molar-refractivity contribution is 7.99. The average Bonchev–Trinajstić information content (AvgIpc) is 2.30. The van der Waals surface area contributed by atoms with Gasteiger partial charge >= 0.3 is 0 Å². The largest absolute Gasteiger partial charge is 0.328 e. The number of nitrogens with two attached hydrogens (primary N) is 1. The van der Waals surface area contributed by atoms with Gasteiger partial charge in [-0.3, -0.25) is 0 Å². The molecular weight excluding hydrogens is 214 g/mol. The van der Waals surface area contributed by atoms with E-state index in [4.69, 9.17) is 5.73 Å². The maximum atomic E-state index is 5.92. The van der Waals surface area contributed by atoms with Crippen molar-refractivity contribution in [2.24, 2.45) is 5.73 Å². The topological polar surface area (TPSA) is 26.0 Å². The van der Waals surface area contributed by atoms with E-state index < -0.39 is 0 Å². The SMILES string of the molecule is CC(N)Cc1ccccc1C1CCSCC1. The van der Waals surface area contributed by atoms with Crippen molar-refractivity contribution >= 4 is 11.8 Å². The molecule has 1 aliphatic heterocycles. The fourth-order valence-corrected chi connectivity index (χ4v) is 3.58. The maximum Gasteiger partial charge on any atom is 0.00510 e. The molecule has 0 amide bonds. The summed E-state index contributed by atoms with van der Waals surface area (Å²) in [5, 5.41) is 0. The fourth-order valence-electron chi connectivity index (χ4n) is 2.47. The van der Waals surface area contributed by atoms with E-state index in [1.165, 1.54) is 29.9 Å². The van der Waals surface area contributed by atoms with Crippen molar-refractivity contribution in [2.45, 2.75) is 38.1 Å². The number of rotatable bonds is 3. The molecule has 88 valence electrons. The van der Waals surface area contributed by atoms with E-state index >= 15 is 0 Å². The highest BCUT2D eigenvalue weighted by Gasteiger charge is 2.18. The normalized spacial score (nSPS) is 19.6. The lowest BCUT2D eigenvalue weighted by molar-refractivity contribution is 0.622. The summed E-state index contributed by atoms with van der Waals surface area (Å²) in [7, 11) is 0. The maximum absolute atomic E-state index is 5.92. The highest BCUT2D eigenvalue weighted by Crippen LogP contribution is 2.33. The van der Waals surface area contributed by atoms with Crippen molar-refractivity contribution in [1.82, 2.24) is 0 Å². The van der Waals surface area contributed by atoms with Crippen molar-refractivity contribution in [3.05, 3.63) is 35.4 Å². The summed E-state index contributed by atoms with van der Waals surface area (Å²) in [4.78, 5) is 0. The molecule has 1 aromatic carbocycles. The standard InChI is InChI=1S/C14H21NS/c1-11(15)10-13-4-2-3-5-14(13)12-6-8-16-9-7-12/h2-5,11-12H,6-10,15H2,1H3. The van der Waals surface area contributed by atoms with Crippen LogP contribution in [0.25, 0.3) is 0 Å². The molecule has 1 fully saturated rings. The summed E-state index contributed by atoms with van der Waals surface area (Å²) in [6.07, 6.45) is 3.68. The van der Waals surface area contributed by atoms with Gasteiger partial charge in [-0.15, -0.1) is 0 Å². The zero-order valence-electron chi connectivity index (χ0n) is 9.99. The minimum Gasteiger partial charge on any atom is -0.328 e. The average molecular weight is 235 g/mol. The van der Waals surface area contributed by atoms with Crippen LogP contribution in [0.1, 0.15) is 36.8 Å². The molecule has 0 bridgehead atoms. The number of thioether (sulfide) groups is 1. The number of hydrogen-bond acceptors (Lipinski definition) is 2. The van der Waals surface area contributed by atoms with Crippen LogP contribution in [0, 0.1) is 0 Å². The summed E-state index contributed by atoms with van der Waals surface area (Å²) < 4.78 is 0. The van der Waals surface area contributed by atoms with Crippen LogP contribution in [-0.2, 0) is 6.42 Å². The third-order valence-corrected chi connectivity index (χ3v) is 4.31. The predicted octanol–water partition coefficient (Wildman–Crippen LogP) is 3.19. The molecule has 0 saturated carbocycles. The third kappa shape index (κ3) is 3.02. The first-order valence-electron chi connectivity index (χ1n) is 6.18. The van der Waals surface area contributed by atoms with E-state index in [0.29, 0.717) is 0 Å². The second kappa shape index (κ2) is 5.74. The Morgan fingerprint density at radius 2 is 2.00 bits per heavy atom. The first-order chi connectivity index (χ1) is 7.77. The summed E-state index contributed by atoms with van der Waals surface area (Å²) in [6.45, 7) is 2.09. The predicted molar refractivity (Wildman–Crippen MR) is 73.1 cm³/mol. The van der Waals surface area contributed by atoms with Crippen LogP contribution in [0.2, 0.25) is 0 Å². The fraction of sp³-hybridized carbons (Fsp3) is 0.571. The van der Waals surface area contributed by atoms with E-state index in [1.54, 1.807) is 5.56 Å². The molecule has 2 heteroatoms. The molecule has 1 aromatic rings. The Kier molecular flexibility index (Phi) is 4.30. The molecule has 16 heavy (non-hydrogen) atoms. The molecule has 2 rings (SSSR count). The van der Waals surface area contributed by atoms with E-state index in [1.807, 2.05) is 0 Å². The van der Waals surface area contributed by atoms with Crippen LogP contribution in [0.5, 0.6) is 0 Å². The Balaban J connectivity index is 2.17. The minimum atomic E-state index is 0.263. The van der Waals surface area contributed by atoms with Gasteiger partial charge in [-0.25, -0.2) is 0 Å². The molecule has 0 radical (unpaired) electrons. The monoisotopic (exact) mass is 235 g/mol. The van der Waals surface area contributed by atoms with Gasteiger partial charge in [0.2, 0.25) is 0 Å². The zero-order valence-corrected chi connectivity index (χ0v) is 10.8. The van der Waals surface area contributed by atoms with Crippen LogP contribution in [0.4, 0.5) is 0 Å². The molecule has 1 aliphatic rings. The van der Waals surface area contributed by atoms with Gasteiger partial charge in [-0.1, -0.05) is 24.3 Å². The molecule has 1 heterocycles. The molecule has 1 saturated heterocycles. The van der Waals surface area contributed by atoms with Gasteiger partial charge in [0, 0.05) is 6.04 Å². The van der Waals surface area contributed by atoms with Crippen LogP contribution >= 0.6 is 11.8 Å². The van der Waals surface area contributed by atoms with Gasteiger partial charge < -0.3 is 5.73 Å². The second-order valence-electron chi connectivity index (χ2n) is 4.77. The summed E-state index contributed by atoms with van der Waals surface area (Å²) >= 11 is 2.09. The highest BCUT2D eigenvalue weighted by atomic mass is 32.2. The first-order valence-corrected chi connectivity index (χ1v) is 7.34. The van der Waals surface area contributed by atoms with E-state index in [0.717, 1.165) is 12.3 Å². The number of benzene rings is 1. The zero-order chi connectivity index (χ0) is 11.4. The molecule has 0 aliphatic carbocycles. The molecule has 0 aromatic heterocycles. The Labute approximate surface area is 103 Å². The van der Waals surface area contributed by atoms with E-state index in [9.17, 15) is 0 Å². The van der Waals surface area contributed by atoms with Crippen molar-refractivity contribution < 1.29 is 0 Å². The first kappa shape index (κ1) is 12.0. The van der Waals surface area contributed by atoms with Crippen molar-refractivity contribution in [3.8, 4) is 0 Å². The van der Waals surface area contributed by atoms with Crippen LogP contribution < -0.4 is 5.73 Å². The smallest absolute Gasteiger partial charge is 0.00510 e. The lowest BCUT2D eigenvalue weighted by Gasteiger charge is -2.24. The lowest BCUT2D eigenvalue weighted by Crippen LogP contribution is -2.20. The Bertz CT molecular complexity index is 329. The quantitative estimate of drug-likeness (QED) is 0.870. The summed E-state index contributed by atoms with van der Waals surface area (Å²) in [5.41, 5.74) is 8.94. The lowest BCUT2D eigenvalue weighted by atomic mass is 9.88. The van der Waals surface area contributed by atoms with Crippen molar-refractivity contribution in [1.29, 1.82) is 0 Å². The van der Waals surface area contributed by atoms with Crippen LogP contribution in [-0.4, -0.2) is 17.5 Å². The Hall–Kier alpha value is -0.470. The number of hydrogen-bond donors (Lipinski definition) is 1. The molecule has 2 N–H and O–H groups in total. The molecule has 1 unspecified atom stereocenters. The van der Waals surface area contributed by atoms with Gasteiger partial charge in [-0.05, 0) is 54.7 Å². The van der Waals surface area contributed by atoms with Gasteiger partial charge in [0.05, 0.1) is 0 Å². The van der Waals surface area contributed by atoms with Gasteiger partial charge in [0.15, 0.2) is 0 Å². The minimum absolute atomic E-state index is 0.263. The molecule has 1 atom stereocenters.